The molecular weight excluding hydrogens is 420 g/mol. The fourth-order valence-corrected chi connectivity index (χ4v) is 4.90. The molecule has 0 atom stereocenters. The Morgan fingerprint density at radius 2 is 0.867 bits per heavy atom. The van der Waals surface area contributed by atoms with Gasteiger partial charge in [-0.2, -0.15) is 25.6 Å². The number of allylic oxidation sites excluding steroid dienone is 8. The lowest BCUT2D eigenvalue weighted by Gasteiger charge is -2.14. The minimum absolute atomic E-state index is 0.116. The van der Waals surface area contributed by atoms with E-state index in [1.165, 1.54) is 24.3 Å². The van der Waals surface area contributed by atoms with Crippen molar-refractivity contribution in [2.75, 3.05) is 0 Å². The zero-order chi connectivity index (χ0) is 21.2. The molecule has 0 saturated carbocycles. The smallest absolute Gasteiger partial charge is 0.199 e. The number of hydrogen-bond acceptors (Lipinski definition) is 4. The van der Waals surface area contributed by atoms with Crippen molar-refractivity contribution in [1.82, 2.24) is 0 Å². The fraction of sp³-hybridized carbons (Fsp3) is 0. The highest BCUT2D eigenvalue weighted by Gasteiger charge is 2.18. The second kappa shape index (κ2) is 7.81. The Morgan fingerprint density at radius 3 is 1.23 bits per heavy atom. The van der Waals surface area contributed by atoms with Crippen molar-refractivity contribution in [1.29, 1.82) is 0 Å². The third kappa shape index (κ3) is 4.29. The Hall–Kier alpha value is -3.36. The van der Waals surface area contributed by atoms with Gasteiger partial charge in [0.25, 0.3) is 20.0 Å². The van der Waals surface area contributed by atoms with Gasteiger partial charge in [-0.25, -0.2) is 0 Å². The van der Waals surface area contributed by atoms with Crippen LogP contribution in [0.4, 0.5) is 0 Å². The molecule has 2 aliphatic rings. The third-order valence-electron chi connectivity index (χ3n) is 4.34. The Labute approximate surface area is 175 Å². The first kappa shape index (κ1) is 19.9. The van der Waals surface area contributed by atoms with Crippen molar-refractivity contribution < 1.29 is 16.8 Å². The normalized spacial score (nSPS) is 18.8. The molecule has 0 radical (unpaired) electrons. The average molecular weight is 437 g/mol. The lowest BCUT2D eigenvalue weighted by atomic mass is 9.93. The minimum Gasteiger partial charge on any atom is -0.199 e. The number of hydrogen-bond donors (Lipinski definition) is 0. The first-order valence-electron chi connectivity index (χ1n) is 8.93. The summed E-state index contributed by atoms with van der Waals surface area (Å²) in [6.45, 7) is 0. The van der Waals surface area contributed by atoms with Gasteiger partial charge in [-0.05, 0) is 59.7 Å². The van der Waals surface area contributed by atoms with Gasteiger partial charge in [0.05, 0.1) is 21.2 Å². The second-order valence-corrected chi connectivity index (χ2v) is 9.68. The quantitative estimate of drug-likeness (QED) is 0.731. The van der Waals surface area contributed by atoms with E-state index in [0.717, 1.165) is 11.1 Å². The maximum absolute atomic E-state index is 12.4. The van der Waals surface area contributed by atoms with Gasteiger partial charge in [0.2, 0.25) is 0 Å². The van der Waals surface area contributed by atoms with E-state index in [9.17, 15) is 16.8 Å². The second-order valence-electron chi connectivity index (χ2n) is 6.47. The van der Waals surface area contributed by atoms with Crippen LogP contribution in [0.15, 0.2) is 127 Å². The van der Waals surface area contributed by atoms with E-state index in [0.29, 0.717) is 0 Å². The number of rotatable bonds is 4. The molecule has 2 aliphatic carbocycles. The molecule has 0 unspecified atom stereocenters. The van der Waals surface area contributed by atoms with Gasteiger partial charge in [0.15, 0.2) is 0 Å². The largest absolute Gasteiger partial charge is 0.282 e. The summed E-state index contributed by atoms with van der Waals surface area (Å²) in [6, 6.07) is 16.0. The molecule has 0 amide bonds. The van der Waals surface area contributed by atoms with Crippen LogP contribution in [-0.4, -0.2) is 28.3 Å². The van der Waals surface area contributed by atoms with Crippen LogP contribution in [0.5, 0.6) is 0 Å². The highest BCUT2D eigenvalue weighted by molar-refractivity contribution is 7.90. The Morgan fingerprint density at radius 1 is 0.500 bits per heavy atom. The van der Waals surface area contributed by atoms with Gasteiger partial charge in [-0.15, -0.1) is 0 Å². The van der Waals surface area contributed by atoms with Crippen molar-refractivity contribution in [3.05, 3.63) is 108 Å². The molecule has 4 rings (SSSR count). The minimum atomic E-state index is -3.82. The van der Waals surface area contributed by atoms with Gasteiger partial charge in [0, 0.05) is 0 Å². The molecular formula is C22H16N2O4S2. The Kier molecular flexibility index (Phi) is 5.19. The lowest BCUT2D eigenvalue weighted by Crippen LogP contribution is -2.09. The summed E-state index contributed by atoms with van der Waals surface area (Å²) in [5, 5.41) is 0. The zero-order valence-electron chi connectivity index (χ0n) is 15.6. The Balaban J connectivity index is 1.62. The number of sulfonamides is 2. The van der Waals surface area contributed by atoms with Gasteiger partial charge < -0.3 is 0 Å². The molecule has 30 heavy (non-hydrogen) atoms. The van der Waals surface area contributed by atoms with E-state index in [2.05, 4.69) is 8.80 Å². The van der Waals surface area contributed by atoms with Gasteiger partial charge >= 0.3 is 0 Å². The van der Waals surface area contributed by atoms with Crippen LogP contribution in [0.1, 0.15) is 0 Å². The maximum Gasteiger partial charge on any atom is 0.282 e. The predicted octanol–water partition coefficient (Wildman–Crippen LogP) is 3.64. The van der Waals surface area contributed by atoms with Crippen molar-refractivity contribution >= 4 is 31.5 Å². The fourth-order valence-electron chi connectivity index (χ4n) is 2.90. The summed E-state index contributed by atoms with van der Waals surface area (Å²) in [5.74, 6) is 0. The Bertz CT molecular complexity index is 1270. The number of fused-ring (bicyclic) bond motifs is 1. The highest BCUT2D eigenvalue weighted by Crippen LogP contribution is 2.24. The summed E-state index contributed by atoms with van der Waals surface area (Å²) in [6.07, 6.45) is 9.76. The first-order valence-corrected chi connectivity index (χ1v) is 11.8. The van der Waals surface area contributed by atoms with Crippen LogP contribution in [0, 0.1) is 0 Å². The lowest BCUT2D eigenvalue weighted by molar-refractivity contribution is 0.596. The zero-order valence-corrected chi connectivity index (χ0v) is 17.2. The van der Waals surface area contributed by atoms with E-state index in [-0.39, 0.29) is 21.2 Å². The summed E-state index contributed by atoms with van der Waals surface area (Å²) < 4.78 is 57.5. The van der Waals surface area contributed by atoms with Gasteiger partial charge in [0.1, 0.15) is 0 Å². The van der Waals surface area contributed by atoms with Crippen LogP contribution in [-0.2, 0) is 20.0 Å². The molecule has 0 heterocycles. The van der Waals surface area contributed by atoms with Crippen LogP contribution < -0.4 is 0 Å². The molecule has 2 aromatic carbocycles. The molecule has 0 bridgehead atoms. The van der Waals surface area contributed by atoms with Gasteiger partial charge in [-0.3, -0.25) is 0 Å². The molecule has 0 saturated heterocycles. The van der Waals surface area contributed by atoms with Crippen molar-refractivity contribution in [2.45, 2.75) is 9.79 Å². The molecule has 0 aromatic heterocycles. The van der Waals surface area contributed by atoms with Crippen molar-refractivity contribution in [3.63, 3.8) is 0 Å². The van der Waals surface area contributed by atoms with Crippen LogP contribution in [0.25, 0.3) is 0 Å². The van der Waals surface area contributed by atoms with Crippen molar-refractivity contribution in [2.24, 2.45) is 8.80 Å². The van der Waals surface area contributed by atoms with Gasteiger partial charge in [-0.1, -0.05) is 48.6 Å². The van der Waals surface area contributed by atoms with Crippen LogP contribution >= 0.6 is 0 Å². The number of benzene rings is 2. The van der Waals surface area contributed by atoms with E-state index in [1.807, 2.05) is 0 Å². The third-order valence-corrected chi connectivity index (χ3v) is 6.98. The van der Waals surface area contributed by atoms with Crippen molar-refractivity contribution in [3.8, 4) is 0 Å². The SMILES string of the molecule is O=S(=O)(N=C1C=CC2=CC(=NS(=O)(=O)c3ccccc3)C=CC2=C1)c1ccccc1. The molecule has 0 fully saturated rings. The molecule has 0 aliphatic heterocycles. The monoisotopic (exact) mass is 436 g/mol. The van der Waals surface area contributed by atoms with E-state index in [4.69, 9.17) is 0 Å². The molecule has 2 aromatic rings. The highest BCUT2D eigenvalue weighted by atomic mass is 32.2. The summed E-state index contributed by atoms with van der Waals surface area (Å²) >= 11 is 0. The van der Waals surface area contributed by atoms with E-state index >= 15 is 0 Å². The van der Waals surface area contributed by atoms with E-state index in [1.54, 1.807) is 72.9 Å². The molecule has 6 nitrogen and oxygen atoms in total. The molecule has 0 spiro atoms. The van der Waals surface area contributed by atoms with E-state index < -0.39 is 20.0 Å². The summed E-state index contributed by atoms with van der Waals surface area (Å²) in [7, 11) is -7.64. The summed E-state index contributed by atoms with van der Waals surface area (Å²) in [4.78, 5) is 0.232. The molecule has 0 N–H and O–H groups in total. The topological polar surface area (TPSA) is 93.0 Å². The molecule has 8 heteroatoms. The maximum atomic E-state index is 12.4. The predicted molar refractivity (Wildman–Crippen MR) is 117 cm³/mol. The summed E-state index contributed by atoms with van der Waals surface area (Å²) in [5.41, 5.74) is 2.01. The standard InChI is InChI=1S/C22H16N2O4S2/c25-29(26,21-7-3-1-4-8-21)23-19-13-11-18-16-20(14-12-17(18)15-19)24-30(27,28)22-9-5-2-6-10-22/h1-16H. The first-order chi connectivity index (χ1) is 14.3. The number of nitrogens with zero attached hydrogens (tertiary/aromatic N) is 2. The van der Waals surface area contributed by atoms with Crippen LogP contribution in [0.3, 0.4) is 0 Å². The molecule has 150 valence electrons. The van der Waals surface area contributed by atoms with Crippen LogP contribution in [0.2, 0.25) is 0 Å². The average Bonchev–Trinajstić information content (AvgIpc) is 2.75.